The number of hydrogen-bond donors (Lipinski definition) is 2. The Hall–Kier alpha value is -0.570. The van der Waals surface area contributed by atoms with Crippen LogP contribution in [0.4, 0.5) is 0 Å². The van der Waals surface area contributed by atoms with Crippen molar-refractivity contribution < 1.29 is 9.53 Å². The number of guanidine groups is 1. The molecule has 146 valence electrons. The van der Waals surface area contributed by atoms with Crippen molar-refractivity contribution in [3.63, 3.8) is 0 Å². The quantitative estimate of drug-likeness (QED) is 0.327. The van der Waals surface area contributed by atoms with E-state index in [1.165, 1.54) is 44.9 Å². The molecule has 0 bridgehead atoms. The molecular weight excluding hydrogens is 431 g/mol. The van der Waals surface area contributed by atoms with E-state index < -0.39 is 0 Å². The van der Waals surface area contributed by atoms with E-state index in [0.29, 0.717) is 12.5 Å². The second-order valence-electron chi connectivity index (χ2n) is 7.38. The zero-order valence-corrected chi connectivity index (χ0v) is 18.3. The molecule has 0 aromatic rings. The van der Waals surface area contributed by atoms with E-state index >= 15 is 0 Å². The van der Waals surface area contributed by atoms with Crippen LogP contribution in [-0.4, -0.2) is 63.7 Å². The van der Waals surface area contributed by atoms with Crippen molar-refractivity contribution in [3.05, 3.63) is 0 Å². The monoisotopic (exact) mass is 466 g/mol. The first-order chi connectivity index (χ1) is 11.6. The molecule has 0 radical (unpaired) electrons. The van der Waals surface area contributed by atoms with Crippen molar-refractivity contribution in [3.8, 4) is 0 Å². The van der Waals surface area contributed by atoms with Gasteiger partial charge in [0.25, 0.3) is 0 Å². The minimum atomic E-state index is 0. The smallest absolute Gasteiger partial charge is 0.243 e. The van der Waals surface area contributed by atoms with Gasteiger partial charge in [0.15, 0.2) is 5.96 Å². The number of nitrogens with one attached hydrogen (secondary N) is 2. The van der Waals surface area contributed by atoms with Crippen LogP contribution >= 0.6 is 24.0 Å². The van der Waals surface area contributed by atoms with Gasteiger partial charge >= 0.3 is 0 Å². The Kier molecular flexibility index (Phi) is 10.7. The van der Waals surface area contributed by atoms with Crippen LogP contribution < -0.4 is 10.6 Å². The normalized spacial score (nSPS) is 19.7. The summed E-state index contributed by atoms with van der Waals surface area (Å²) in [6.45, 7) is 1.79. The minimum Gasteiger partial charge on any atom is -0.383 e. The van der Waals surface area contributed by atoms with Crippen molar-refractivity contribution in [2.75, 3.05) is 40.9 Å². The molecule has 0 spiro atoms. The van der Waals surface area contributed by atoms with E-state index in [1.807, 2.05) is 0 Å². The molecule has 2 saturated carbocycles. The van der Waals surface area contributed by atoms with Crippen LogP contribution in [0.3, 0.4) is 0 Å². The topological polar surface area (TPSA) is 66.0 Å². The highest BCUT2D eigenvalue weighted by atomic mass is 127. The van der Waals surface area contributed by atoms with Gasteiger partial charge in [0, 0.05) is 27.7 Å². The molecule has 2 aliphatic carbocycles. The van der Waals surface area contributed by atoms with Crippen molar-refractivity contribution in [1.29, 1.82) is 0 Å². The maximum atomic E-state index is 11.8. The molecule has 0 aromatic carbocycles. The first-order valence-corrected chi connectivity index (χ1v) is 9.34. The number of halogens is 1. The van der Waals surface area contributed by atoms with Crippen molar-refractivity contribution in [2.24, 2.45) is 16.8 Å². The fraction of sp³-hybridized carbons (Fsp3) is 0.889. The number of amides is 1. The molecule has 1 atom stereocenters. The number of methoxy groups -OCH3 is 1. The SMILES string of the molecule is COCC(NC(=NCC(=O)N(C)C)NCC1CCCCC1)C1CC1.I. The van der Waals surface area contributed by atoms with Gasteiger partial charge in [-0.1, -0.05) is 19.3 Å². The third-order valence-corrected chi connectivity index (χ3v) is 5.01. The first kappa shape index (κ1) is 22.5. The highest BCUT2D eigenvalue weighted by molar-refractivity contribution is 14.0. The average molecular weight is 466 g/mol. The number of rotatable bonds is 8. The van der Waals surface area contributed by atoms with E-state index in [0.717, 1.165) is 18.4 Å². The summed E-state index contributed by atoms with van der Waals surface area (Å²) in [7, 11) is 5.26. The molecular formula is C18H35IN4O2. The van der Waals surface area contributed by atoms with E-state index in [9.17, 15) is 4.79 Å². The lowest BCUT2D eigenvalue weighted by atomic mass is 9.89. The number of carbonyl (C=O) groups is 1. The second kappa shape index (κ2) is 11.9. The van der Waals surface area contributed by atoms with Crippen LogP contribution in [0.5, 0.6) is 0 Å². The summed E-state index contributed by atoms with van der Waals surface area (Å²) in [4.78, 5) is 17.9. The van der Waals surface area contributed by atoms with Crippen LogP contribution in [-0.2, 0) is 9.53 Å². The Labute approximate surface area is 169 Å². The Balaban J connectivity index is 0.00000312. The molecule has 0 aliphatic heterocycles. The predicted octanol–water partition coefficient (Wildman–Crippen LogP) is 2.23. The molecule has 7 heteroatoms. The lowest BCUT2D eigenvalue weighted by Crippen LogP contribution is -2.48. The summed E-state index contributed by atoms with van der Waals surface area (Å²) < 4.78 is 5.34. The third kappa shape index (κ3) is 8.57. The summed E-state index contributed by atoms with van der Waals surface area (Å²) in [6, 6.07) is 0.280. The number of carbonyl (C=O) groups excluding carboxylic acids is 1. The maximum Gasteiger partial charge on any atom is 0.243 e. The molecule has 2 N–H and O–H groups in total. The average Bonchev–Trinajstić information content (AvgIpc) is 3.42. The lowest BCUT2D eigenvalue weighted by Gasteiger charge is -2.25. The molecule has 0 heterocycles. The molecule has 1 amide bonds. The van der Waals surface area contributed by atoms with Crippen LogP contribution in [0.2, 0.25) is 0 Å². The fourth-order valence-corrected chi connectivity index (χ4v) is 3.22. The van der Waals surface area contributed by atoms with Crippen LogP contribution in [0.25, 0.3) is 0 Å². The van der Waals surface area contributed by atoms with Gasteiger partial charge in [-0.3, -0.25) is 4.79 Å². The zero-order chi connectivity index (χ0) is 17.4. The second-order valence-corrected chi connectivity index (χ2v) is 7.38. The van der Waals surface area contributed by atoms with Crippen molar-refractivity contribution in [2.45, 2.75) is 51.0 Å². The van der Waals surface area contributed by atoms with Crippen LogP contribution in [0.15, 0.2) is 4.99 Å². The Morgan fingerprint density at radius 2 is 1.88 bits per heavy atom. The standard InChI is InChI=1S/C18H34N4O2.HI/c1-22(2)17(23)12-20-18(19-11-14-7-5-4-6-8-14)21-16(13-24-3)15-9-10-15;/h14-16H,4-13H2,1-3H3,(H2,19,20,21);1H. The highest BCUT2D eigenvalue weighted by Crippen LogP contribution is 2.32. The summed E-state index contributed by atoms with van der Waals surface area (Å²) in [5.74, 6) is 2.15. The third-order valence-electron chi connectivity index (χ3n) is 5.01. The minimum absolute atomic E-state index is 0. The van der Waals surface area contributed by atoms with E-state index in [-0.39, 0.29) is 42.5 Å². The summed E-state index contributed by atoms with van der Waals surface area (Å²) >= 11 is 0. The number of nitrogens with zero attached hydrogens (tertiary/aromatic N) is 2. The van der Waals surface area contributed by atoms with Gasteiger partial charge < -0.3 is 20.3 Å². The van der Waals surface area contributed by atoms with E-state index in [1.54, 1.807) is 26.1 Å². The van der Waals surface area contributed by atoms with Gasteiger partial charge in [-0.2, -0.15) is 0 Å². The number of aliphatic imine (C=N–C) groups is 1. The Bertz CT molecular complexity index is 421. The van der Waals surface area contributed by atoms with Gasteiger partial charge in [0.1, 0.15) is 6.54 Å². The molecule has 2 fully saturated rings. The van der Waals surface area contributed by atoms with E-state index in [2.05, 4.69) is 15.6 Å². The van der Waals surface area contributed by atoms with Crippen molar-refractivity contribution in [1.82, 2.24) is 15.5 Å². The van der Waals surface area contributed by atoms with Crippen LogP contribution in [0, 0.1) is 11.8 Å². The largest absolute Gasteiger partial charge is 0.383 e. The Morgan fingerprint density at radius 1 is 1.20 bits per heavy atom. The lowest BCUT2D eigenvalue weighted by molar-refractivity contribution is -0.127. The molecule has 6 nitrogen and oxygen atoms in total. The molecule has 1 unspecified atom stereocenters. The summed E-state index contributed by atoms with van der Waals surface area (Å²) in [5.41, 5.74) is 0. The van der Waals surface area contributed by atoms with Crippen molar-refractivity contribution >= 4 is 35.8 Å². The van der Waals surface area contributed by atoms with Gasteiger partial charge in [-0.25, -0.2) is 4.99 Å². The summed E-state index contributed by atoms with van der Waals surface area (Å²) in [6.07, 6.45) is 9.10. The number of ether oxygens (including phenoxy) is 1. The first-order valence-electron chi connectivity index (χ1n) is 9.34. The molecule has 25 heavy (non-hydrogen) atoms. The molecule has 2 aliphatic rings. The fourth-order valence-electron chi connectivity index (χ4n) is 3.22. The summed E-state index contributed by atoms with van der Waals surface area (Å²) in [5, 5.41) is 6.96. The number of likely N-dealkylation sites (N-methyl/N-ethyl adjacent to an activating group) is 1. The predicted molar refractivity (Wildman–Crippen MR) is 113 cm³/mol. The maximum absolute atomic E-state index is 11.8. The van der Waals surface area contributed by atoms with E-state index in [4.69, 9.17) is 4.74 Å². The zero-order valence-electron chi connectivity index (χ0n) is 15.9. The Morgan fingerprint density at radius 3 is 2.44 bits per heavy atom. The van der Waals surface area contributed by atoms with Gasteiger partial charge in [-0.15, -0.1) is 24.0 Å². The van der Waals surface area contributed by atoms with Gasteiger partial charge in [0.2, 0.25) is 5.91 Å². The van der Waals surface area contributed by atoms with Crippen LogP contribution in [0.1, 0.15) is 44.9 Å². The molecule has 2 rings (SSSR count). The van der Waals surface area contributed by atoms with Gasteiger partial charge in [0.05, 0.1) is 12.6 Å². The van der Waals surface area contributed by atoms with Gasteiger partial charge in [-0.05, 0) is 37.5 Å². The highest BCUT2D eigenvalue weighted by Gasteiger charge is 2.32. The number of hydrogen-bond acceptors (Lipinski definition) is 3. The molecule has 0 aromatic heterocycles. The molecule has 0 saturated heterocycles.